The van der Waals surface area contributed by atoms with Crippen molar-refractivity contribution in [3.8, 4) is 11.1 Å². The van der Waals surface area contributed by atoms with E-state index < -0.39 is 90.4 Å². The Kier molecular flexibility index (Phi) is 8.80. The lowest BCUT2D eigenvalue weighted by Gasteiger charge is -2.39. The van der Waals surface area contributed by atoms with Gasteiger partial charge in [-0.25, -0.2) is 8.78 Å². The molecule has 2 heterocycles. The number of rotatable bonds is 12. The number of methoxy groups -OCH3 is 1. The van der Waals surface area contributed by atoms with E-state index in [1.165, 1.54) is 55.5 Å². The summed E-state index contributed by atoms with van der Waals surface area (Å²) < 4.78 is 151. The number of thioether (sulfide) groups is 1. The van der Waals surface area contributed by atoms with Gasteiger partial charge in [-0.05, 0) is 72.3 Å². The van der Waals surface area contributed by atoms with Crippen LogP contribution in [0.1, 0.15) is 47.4 Å². The molecule has 278 valence electrons. The SMILES string of the molecule is [2H]c1c(C)c([2H])c2c(c1[2H])c(=O)c([2H])c(SCc1cccc(F)c1F)n2CC(=O)N(C1CCN(CCOC([2H])([2H])[2H])CC1)C([2H])([2H])c1ccc(-c2ccc(C(F)(F)F)cc2)cc1. The van der Waals surface area contributed by atoms with Gasteiger partial charge in [0.05, 0.1) is 35.0 Å². The highest BCUT2D eigenvalue weighted by molar-refractivity contribution is 7.98. The number of hydrogen-bond acceptors (Lipinski definition) is 5. The number of benzene rings is 4. The molecule has 4 aromatic carbocycles. The molecule has 1 aliphatic heterocycles. The second-order valence-corrected chi connectivity index (χ2v) is 13.5. The van der Waals surface area contributed by atoms with E-state index in [0.717, 1.165) is 27.7 Å². The van der Waals surface area contributed by atoms with Crippen molar-refractivity contribution in [2.24, 2.45) is 0 Å². The number of alkyl halides is 3. The molecule has 1 amide bonds. The molecular weight excluding hydrogens is 710 g/mol. The van der Waals surface area contributed by atoms with Crippen LogP contribution < -0.4 is 5.43 Å². The van der Waals surface area contributed by atoms with Crippen molar-refractivity contribution in [3.63, 3.8) is 0 Å². The minimum absolute atomic E-state index is 0.0125. The lowest BCUT2D eigenvalue weighted by molar-refractivity contribution is -0.137. The van der Waals surface area contributed by atoms with Gasteiger partial charge >= 0.3 is 6.18 Å². The number of ether oxygens (including phenoxy) is 1. The zero-order valence-corrected chi connectivity index (χ0v) is 29.3. The Hall–Kier alpha value is -4.52. The average Bonchev–Trinajstić information content (AvgIpc) is 3.21. The van der Waals surface area contributed by atoms with E-state index in [-0.39, 0.29) is 59.0 Å². The number of carbonyl (C=O) groups is 1. The topological polar surface area (TPSA) is 54.8 Å². The van der Waals surface area contributed by atoms with Gasteiger partial charge in [0.25, 0.3) is 0 Å². The fraction of sp³-hybridized carbons (Fsp3) is 0.317. The summed E-state index contributed by atoms with van der Waals surface area (Å²) in [6.45, 7) is -1.32. The second-order valence-electron chi connectivity index (χ2n) is 12.5. The molecule has 0 saturated carbocycles. The number of aromatic nitrogens is 1. The third-order valence-electron chi connectivity index (χ3n) is 8.95. The molecule has 0 atom stereocenters. The fourth-order valence-electron chi connectivity index (χ4n) is 6.13. The molecule has 0 unspecified atom stereocenters. The standard InChI is InChI=1S/C41H40F5N3O3S/c1-27-6-15-34-36(22-27)49(39(23-37(34)50)53-26-31-4-3-5-35(42)40(31)43)25-38(51)48(33-16-18-47(19-17-33)20-21-52-2)24-28-7-9-29(10-8-28)30-11-13-32(14-12-30)41(44,45)46/h3-15,22-23,33H,16-21,24-26H2,1-2H3/i2D3,6D,15D,22D,23D,24D2. The highest BCUT2D eigenvalue weighted by Gasteiger charge is 2.31. The van der Waals surface area contributed by atoms with Crippen molar-refractivity contribution in [2.45, 2.75) is 55.8 Å². The highest BCUT2D eigenvalue weighted by Crippen LogP contribution is 2.32. The van der Waals surface area contributed by atoms with Gasteiger partial charge in [0.15, 0.2) is 17.1 Å². The maximum absolute atomic E-state index is 15.0. The molecule has 5 aromatic rings. The lowest BCUT2D eigenvalue weighted by atomic mass is 10.00. The molecule has 53 heavy (non-hydrogen) atoms. The Labute approximate surface area is 321 Å². The average molecular weight is 759 g/mol. The van der Waals surface area contributed by atoms with E-state index in [1.807, 2.05) is 4.90 Å². The molecule has 1 aliphatic rings. The zero-order chi connectivity index (χ0) is 45.5. The summed E-state index contributed by atoms with van der Waals surface area (Å²) in [4.78, 5) is 31.6. The Bertz CT molecular complexity index is 2530. The first-order chi connectivity index (χ1) is 29.0. The summed E-state index contributed by atoms with van der Waals surface area (Å²) in [5, 5.41) is -0.749. The molecule has 1 saturated heterocycles. The molecule has 12 heteroatoms. The van der Waals surface area contributed by atoms with Crippen molar-refractivity contribution in [2.75, 3.05) is 33.3 Å². The Balaban J connectivity index is 1.43. The Morgan fingerprint density at radius 2 is 1.72 bits per heavy atom. The van der Waals surface area contributed by atoms with Crippen LogP contribution in [-0.4, -0.2) is 59.6 Å². The van der Waals surface area contributed by atoms with Crippen molar-refractivity contribution in [1.82, 2.24) is 14.4 Å². The maximum Gasteiger partial charge on any atom is 0.416 e. The van der Waals surface area contributed by atoms with E-state index in [2.05, 4.69) is 0 Å². The molecule has 0 aliphatic carbocycles. The largest absolute Gasteiger partial charge is 0.416 e. The van der Waals surface area contributed by atoms with Crippen molar-refractivity contribution in [3.05, 3.63) is 135 Å². The predicted octanol–water partition coefficient (Wildman–Crippen LogP) is 8.71. The van der Waals surface area contributed by atoms with E-state index >= 15 is 0 Å². The molecular formula is C41H40F5N3O3S. The minimum Gasteiger partial charge on any atom is -0.383 e. The molecule has 6 nitrogen and oxygen atoms in total. The third-order valence-corrected chi connectivity index (χ3v) is 10.0. The van der Waals surface area contributed by atoms with Gasteiger partial charge < -0.3 is 19.1 Å². The van der Waals surface area contributed by atoms with Gasteiger partial charge in [0, 0.05) is 62.0 Å². The normalized spacial score (nSPS) is 17.1. The summed E-state index contributed by atoms with van der Waals surface area (Å²) in [5.41, 5.74) is -1.47. The molecule has 6 rings (SSSR count). The number of hydrogen-bond donors (Lipinski definition) is 0. The van der Waals surface area contributed by atoms with Crippen LogP contribution in [-0.2, 0) is 34.5 Å². The summed E-state index contributed by atoms with van der Waals surface area (Å²) >= 11 is 0.700. The second kappa shape index (κ2) is 16.7. The van der Waals surface area contributed by atoms with Crippen molar-refractivity contribution >= 4 is 28.6 Å². The number of amides is 1. The van der Waals surface area contributed by atoms with Gasteiger partial charge in [-0.15, -0.1) is 11.8 Å². The summed E-state index contributed by atoms with van der Waals surface area (Å²) in [6, 6.07) is 10.6. The Morgan fingerprint density at radius 1 is 1.02 bits per heavy atom. The van der Waals surface area contributed by atoms with Crippen LogP contribution in [0.25, 0.3) is 22.0 Å². The summed E-state index contributed by atoms with van der Waals surface area (Å²) in [5.74, 6) is -3.56. The number of pyridine rings is 1. The van der Waals surface area contributed by atoms with Gasteiger partial charge in [0.1, 0.15) is 6.54 Å². The number of halogens is 5. The smallest absolute Gasteiger partial charge is 0.383 e. The molecule has 0 spiro atoms. The monoisotopic (exact) mass is 758 g/mol. The first-order valence-corrected chi connectivity index (χ1v) is 17.7. The van der Waals surface area contributed by atoms with Crippen LogP contribution >= 0.6 is 11.8 Å². The fourth-order valence-corrected chi connectivity index (χ4v) is 7.12. The van der Waals surface area contributed by atoms with Crippen LogP contribution in [0.15, 0.2) is 101 Å². The van der Waals surface area contributed by atoms with E-state index in [0.29, 0.717) is 36.0 Å². The van der Waals surface area contributed by atoms with Gasteiger partial charge in [-0.2, -0.15) is 13.2 Å². The number of piperidine rings is 1. The van der Waals surface area contributed by atoms with E-state index in [1.54, 1.807) is 0 Å². The van der Waals surface area contributed by atoms with Gasteiger partial charge in [0.2, 0.25) is 5.91 Å². The van der Waals surface area contributed by atoms with E-state index in [9.17, 15) is 34.3 Å². The van der Waals surface area contributed by atoms with Crippen molar-refractivity contribution in [1.29, 1.82) is 0 Å². The van der Waals surface area contributed by atoms with Crippen LogP contribution in [0, 0.1) is 18.6 Å². The summed E-state index contributed by atoms with van der Waals surface area (Å²) in [7, 11) is -2.60. The maximum atomic E-state index is 15.0. The quantitative estimate of drug-likeness (QED) is 0.0942. The lowest BCUT2D eigenvalue weighted by Crippen LogP contribution is -2.48. The highest BCUT2D eigenvalue weighted by atomic mass is 32.2. The number of fused-ring (bicyclic) bond motifs is 1. The Morgan fingerprint density at radius 3 is 2.40 bits per heavy atom. The van der Waals surface area contributed by atoms with E-state index in [4.69, 9.17) is 14.3 Å². The number of likely N-dealkylation sites (tertiary alicyclic amines) is 1. The zero-order valence-electron chi connectivity index (χ0n) is 37.4. The molecule has 1 aromatic heterocycles. The molecule has 0 N–H and O–H groups in total. The van der Waals surface area contributed by atoms with Crippen molar-refractivity contribution < 1.29 is 43.8 Å². The molecule has 0 radical (unpaired) electrons. The molecule has 0 bridgehead atoms. The predicted molar refractivity (Wildman–Crippen MR) is 198 cm³/mol. The van der Waals surface area contributed by atoms with Crippen LogP contribution in [0.3, 0.4) is 0 Å². The molecule has 1 fully saturated rings. The third kappa shape index (κ3) is 9.17. The summed E-state index contributed by atoms with van der Waals surface area (Å²) in [6.07, 6.45) is -4.16. The first kappa shape index (κ1) is 28.0. The van der Waals surface area contributed by atoms with Gasteiger partial charge in [-0.3, -0.25) is 9.59 Å². The number of nitrogens with zero attached hydrogens (tertiary/aromatic N) is 3. The van der Waals surface area contributed by atoms with Crippen LogP contribution in [0.5, 0.6) is 0 Å². The first-order valence-electron chi connectivity index (χ1n) is 21.2. The van der Waals surface area contributed by atoms with Crippen LogP contribution in [0.4, 0.5) is 22.0 Å². The minimum atomic E-state index is -4.55. The number of carbonyl (C=O) groups excluding carboxylic acids is 1. The van der Waals surface area contributed by atoms with Crippen LogP contribution in [0.2, 0.25) is 0 Å². The van der Waals surface area contributed by atoms with Gasteiger partial charge in [-0.1, -0.05) is 54.6 Å².